The van der Waals surface area contributed by atoms with E-state index in [-0.39, 0.29) is 45.9 Å². The summed E-state index contributed by atoms with van der Waals surface area (Å²) < 4.78 is 0. The van der Waals surface area contributed by atoms with Crippen molar-refractivity contribution in [3.8, 4) is 0 Å². The standard InChI is InChI=1S/C10H17N3O6S.Pb/c11-5(10(18)19)1-2-7(14)13-6(4-20)9(17)12-3-8(15)16;/h5-6,20H,1-4,11H2,(H,12,17)(H,13,14)(H,15,16)(H,18,19);/t5-,6-;/m0./s1. The first-order chi connectivity index (χ1) is 9.27. The van der Waals surface area contributed by atoms with Gasteiger partial charge in [-0.05, 0) is 6.42 Å². The number of nitrogens with two attached hydrogens (primary N) is 1. The van der Waals surface area contributed by atoms with E-state index in [0.717, 1.165) is 0 Å². The molecule has 0 aromatic carbocycles. The van der Waals surface area contributed by atoms with Crippen molar-refractivity contribution in [3.05, 3.63) is 0 Å². The zero-order chi connectivity index (χ0) is 15.7. The van der Waals surface area contributed by atoms with Crippen LogP contribution in [-0.4, -0.2) is 85.6 Å². The zero-order valence-electron chi connectivity index (χ0n) is 11.0. The van der Waals surface area contributed by atoms with E-state index in [1.54, 1.807) is 0 Å². The summed E-state index contributed by atoms with van der Waals surface area (Å²) >= 11 is 3.87. The van der Waals surface area contributed by atoms with Gasteiger partial charge in [0.1, 0.15) is 18.6 Å². The molecule has 0 aliphatic carbocycles. The number of rotatable bonds is 9. The predicted molar refractivity (Wildman–Crippen MR) is 77.0 cm³/mol. The molecule has 0 aromatic rings. The number of aliphatic carboxylic acids is 2. The van der Waals surface area contributed by atoms with Crippen LogP contribution in [0.4, 0.5) is 0 Å². The SMILES string of the molecule is N[C@@H](CCC(=O)N[C@@H](CS)C(=O)NCC(=O)O)C(=O)O.[Pb]. The monoisotopic (exact) mass is 515 g/mol. The quantitative estimate of drug-likeness (QED) is 0.146. The molecule has 118 valence electrons. The van der Waals surface area contributed by atoms with E-state index < -0.39 is 42.4 Å². The van der Waals surface area contributed by atoms with Crippen LogP contribution in [0.15, 0.2) is 0 Å². The molecule has 6 N–H and O–H groups in total. The first-order valence-electron chi connectivity index (χ1n) is 5.66. The Morgan fingerprint density at radius 1 is 1.19 bits per heavy atom. The summed E-state index contributed by atoms with van der Waals surface area (Å²) in [7, 11) is 0. The summed E-state index contributed by atoms with van der Waals surface area (Å²) in [5.41, 5.74) is 5.23. The third-order valence-electron chi connectivity index (χ3n) is 2.25. The Bertz CT molecular complexity index is 395. The maximum Gasteiger partial charge on any atom is 0.322 e. The number of amides is 2. The Hall–Kier alpha value is -0.888. The molecule has 0 bridgehead atoms. The molecular formula is C10H17N3O6PbS. The number of nitrogens with one attached hydrogen (secondary N) is 2. The molecule has 4 radical (unpaired) electrons. The second-order valence-corrected chi connectivity index (χ2v) is 4.26. The van der Waals surface area contributed by atoms with E-state index >= 15 is 0 Å². The zero-order valence-corrected chi connectivity index (χ0v) is 15.8. The Labute approximate surface area is 146 Å². The molecule has 2 atom stereocenters. The molecule has 0 fully saturated rings. The number of carboxylic acid groups (broad SMARTS) is 2. The van der Waals surface area contributed by atoms with Crippen LogP contribution in [0.2, 0.25) is 0 Å². The normalized spacial score (nSPS) is 12.5. The third kappa shape index (κ3) is 10.5. The Balaban J connectivity index is 0. The maximum absolute atomic E-state index is 11.5. The van der Waals surface area contributed by atoms with Crippen LogP contribution in [-0.2, 0) is 19.2 Å². The molecule has 0 saturated carbocycles. The molecule has 11 heteroatoms. The molecule has 0 unspecified atom stereocenters. The van der Waals surface area contributed by atoms with Crippen LogP contribution in [0.1, 0.15) is 12.8 Å². The Morgan fingerprint density at radius 3 is 2.19 bits per heavy atom. The number of hydrogen-bond donors (Lipinski definition) is 6. The fourth-order valence-corrected chi connectivity index (χ4v) is 1.41. The molecule has 21 heavy (non-hydrogen) atoms. The number of thiol groups is 1. The van der Waals surface area contributed by atoms with Gasteiger partial charge in [-0.3, -0.25) is 19.2 Å². The van der Waals surface area contributed by atoms with Crippen molar-refractivity contribution in [1.29, 1.82) is 0 Å². The van der Waals surface area contributed by atoms with Gasteiger partial charge in [0.15, 0.2) is 0 Å². The molecule has 0 aliphatic rings. The van der Waals surface area contributed by atoms with Gasteiger partial charge in [-0.1, -0.05) is 0 Å². The predicted octanol–water partition coefficient (Wildman–Crippen LogP) is -2.59. The minimum Gasteiger partial charge on any atom is -0.480 e. The van der Waals surface area contributed by atoms with E-state index in [2.05, 4.69) is 23.3 Å². The van der Waals surface area contributed by atoms with E-state index in [9.17, 15) is 19.2 Å². The summed E-state index contributed by atoms with van der Waals surface area (Å²) in [6.07, 6.45) is -0.235. The second kappa shape index (κ2) is 11.7. The Kier molecular flexibility index (Phi) is 12.5. The third-order valence-corrected chi connectivity index (χ3v) is 2.61. The first kappa shape index (κ1) is 22.4. The molecule has 0 heterocycles. The summed E-state index contributed by atoms with van der Waals surface area (Å²) in [6.45, 7) is -0.567. The van der Waals surface area contributed by atoms with Crippen LogP contribution in [0.3, 0.4) is 0 Å². The van der Waals surface area contributed by atoms with Gasteiger partial charge in [-0.2, -0.15) is 12.6 Å². The molecule has 2 amide bonds. The summed E-state index contributed by atoms with van der Waals surface area (Å²) in [5.74, 6) is -3.70. The molecule has 0 rings (SSSR count). The van der Waals surface area contributed by atoms with Gasteiger partial charge in [0, 0.05) is 39.5 Å². The van der Waals surface area contributed by atoms with Crippen molar-refractivity contribution in [3.63, 3.8) is 0 Å². The van der Waals surface area contributed by atoms with Crippen molar-refractivity contribution in [1.82, 2.24) is 10.6 Å². The number of carbonyl (C=O) groups is 4. The topological polar surface area (TPSA) is 159 Å². The van der Waals surface area contributed by atoms with Crippen LogP contribution >= 0.6 is 12.6 Å². The fraction of sp³-hybridized carbons (Fsp3) is 0.600. The van der Waals surface area contributed by atoms with Gasteiger partial charge in [0.2, 0.25) is 11.8 Å². The molecule has 0 spiro atoms. The summed E-state index contributed by atoms with van der Waals surface area (Å²) in [5, 5.41) is 21.4. The number of hydrogen-bond acceptors (Lipinski definition) is 6. The Morgan fingerprint density at radius 2 is 1.76 bits per heavy atom. The van der Waals surface area contributed by atoms with Gasteiger partial charge in [0.25, 0.3) is 0 Å². The fourth-order valence-electron chi connectivity index (χ4n) is 1.16. The van der Waals surface area contributed by atoms with Crippen LogP contribution in [0.25, 0.3) is 0 Å². The average molecular weight is 515 g/mol. The first-order valence-corrected chi connectivity index (χ1v) is 6.29. The van der Waals surface area contributed by atoms with Crippen molar-refractivity contribution in [2.24, 2.45) is 5.73 Å². The van der Waals surface area contributed by atoms with Crippen molar-refractivity contribution >= 4 is 63.7 Å². The number of carboxylic acids is 2. The number of carbonyl (C=O) groups excluding carboxylic acids is 2. The van der Waals surface area contributed by atoms with Gasteiger partial charge in [-0.25, -0.2) is 0 Å². The molecule has 0 aliphatic heterocycles. The maximum atomic E-state index is 11.5. The van der Waals surface area contributed by atoms with Crippen LogP contribution < -0.4 is 16.4 Å². The van der Waals surface area contributed by atoms with Crippen LogP contribution in [0, 0.1) is 0 Å². The second-order valence-electron chi connectivity index (χ2n) is 3.90. The summed E-state index contributed by atoms with van der Waals surface area (Å²) in [4.78, 5) is 43.7. The van der Waals surface area contributed by atoms with Gasteiger partial charge in [0.05, 0.1) is 0 Å². The minimum absolute atomic E-state index is 0. The van der Waals surface area contributed by atoms with E-state index in [0.29, 0.717) is 0 Å². The van der Waals surface area contributed by atoms with Crippen molar-refractivity contribution < 1.29 is 29.4 Å². The minimum atomic E-state index is -1.22. The van der Waals surface area contributed by atoms with Crippen molar-refractivity contribution in [2.75, 3.05) is 12.3 Å². The molecular weight excluding hydrogens is 497 g/mol. The molecule has 9 nitrogen and oxygen atoms in total. The average Bonchev–Trinajstić information content (AvgIpc) is 2.38. The van der Waals surface area contributed by atoms with E-state index in [4.69, 9.17) is 15.9 Å². The van der Waals surface area contributed by atoms with Crippen molar-refractivity contribution in [2.45, 2.75) is 24.9 Å². The van der Waals surface area contributed by atoms with Crippen LogP contribution in [0.5, 0.6) is 0 Å². The van der Waals surface area contributed by atoms with Gasteiger partial charge < -0.3 is 26.6 Å². The molecule has 0 aromatic heterocycles. The van der Waals surface area contributed by atoms with Gasteiger partial charge >= 0.3 is 11.9 Å². The van der Waals surface area contributed by atoms with E-state index in [1.807, 2.05) is 0 Å². The van der Waals surface area contributed by atoms with E-state index in [1.165, 1.54) is 0 Å². The largest absolute Gasteiger partial charge is 0.480 e. The summed E-state index contributed by atoms with van der Waals surface area (Å²) in [6, 6.07) is -2.15. The van der Waals surface area contributed by atoms with Gasteiger partial charge in [-0.15, -0.1) is 0 Å². The smallest absolute Gasteiger partial charge is 0.322 e. The molecule has 0 saturated heterocycles.